The van der Waals surface area contributed by atoms with Crippen molar-refractivity contribution in [2.75, 3.05) is 5.32 Å². The fourth-order valence-electron chi connectivity index (χ4n) is 1.64. The first-order chi connectivity index (χ1) is 8.49. The first-order valence-corrected chi connectivity index (χ1v) is 5.60. The van der Waals surface area contributed by atoms with Crippen molar-refractivity contribution in [2.24, 2.45) is 14.1 Å². The summed E-state index contributed by atoms with van der Waals surface area (Å²) in [7, 11) is 3.08. The van der Waals surface area contributed by atoms with Crippen LogP contribution >= 0.6 is 0 Å². The fourth-order valence-corrected chi connectivity index (χ4v) is 1.64. The van der Waals surface area contributed by atoms with Crippen molar-refractivity contribution >= 4 is 11.5 Å². The van der Waals surface area contributed by atoms with Crippen molar-refractivity contribution in [3.63, 3.8) is 0 Å². The standard InChI is InChI=1S/C13H15N3O2/c1-9-4-6-10(7-5-9)14-11-8-12(17)16(3)13(18)15(11)2/h4-8,14H,1-3H3. The van der Waals surface area contributed by atoms with Crippen molar-refractivity contribution in [1.82, 2.24) is 9.13 Å². The van der Waals surface area contributed by atoms with Crippen LogP contribution in [0.3, 0.4) is 0 Å². The van der Waals surface area contributed by atoms with Crippen LogP contribution in [0.2, 0.25) is 0 Å². The predicted octanol–water partition coefficient (Wildman–Crippen LogP) is 1.14. The van der Waals surface area contributed by atoms with Gasteiger partial charge in [0.2, 0.25) is 0 Å². The fraction of sp³-hybridized carbons (Fsp3) is 0.231. The Balaban J connectivity index is 2.44. The minimum atomic E-state index is -0.350. The lowest BCUT2D eigenvalue weighted by Crippen LogP contribution is -2.37. The third kappa shape index (κ3) is 2.20. The van der Waals surface area contributed by atoms with E-state index in [1.807, 2.05) is 31.2 Å². The zero-order valence-electron chi connectivity index (χ0n) is 10.6. The Hall–Kier alpha value is -2.30. The van der Waals surface area contributed by atoms with Crippen LogP contribution < -0.4 is 16.6 Å². The van der Waals surface area contributed by atoms with Crippen molar-refractivity contribution in [2.45, 2.75) is 6.92 Å². The van der Waals surface area contributed by atoms with Gasteiger partial charge in [0.15, 0.2) is 0 Å². The number of aryl methyl sites for hydroxylation is 1. The number of benzene rings is 1. The lowest BCUT2D eigenvalue weighted by atomic mass is 10.2. The van der Waals surface area contributed by atoms with Crippen molar-refractivity contribution in [1.29, 1.82) is 0 Å². The quantitative estimate of drug-likeness (QED) is 0.863. The summed E-state index contributed by atoms with van der Waals surface area (Å²) in [4.78, 5) is 23.3. The van der Waals surface area contributed by atoms with Crippen molar-refractivity contribution in [3.05, 3.63) is 56.7 Å². The normalized spacial score (nSPS) is 10.4. The highest BCUT2D eigenvalue weighted by molar-refractivity contribution is 5.56. The van der Waals surface area contributed by atoms with Gasteiger partial charge in [0.25, 0.3) is 5.56 Å². The maximum absolute atomic E-state index is 11.7. The molecule has 18 heavy (non-hydrogen) atoms. The maximum atomic E-state index is 11.7. The maximum Gasteiger partial charge on any atom is 0.332 e. The lowest BCUT2D eigenvalue weighted by molar-refractivity contribution is 0.693. The molecule has 1 aromatic carbocycles. The Labute approximate surface area is 104 Å². The molecule has 5 nitrogen and oxygen atoms in total. The SMILES string of the molecule is Cc1ccc(Nc2cc(=O)n(C)c(=O)n2C)cc1. The number of nitrogens with zero attached hydrogens (tertiary/aromatic N) is 2. The lowest BCUT2D eigenvalue weighted by Gasteiger charge is -2.11. The molecule has 1 aromatic heterocycles. The van der Waals surface area contributed by atoms with E-state index in [1.165, 1.54) is 17.7 Å². The number of hydrogen-bond acceptors (Lipinski definition) is 3. The Morgan fingerprint density at radius 1 is 1.00 bits per heavy atom. The summed E-state index contributed by atoms with van der Waals surface area (Å²) in [6.07, 6.45) is 0. The number of aromatic nitrogens is 2. The third-order valence-electron chi connectivity index (χ3n) is 2.85. The molecule has 1 N–H and O–H groups in total. The summed E-state index contributed by atoms with van der Waals surface area (Å²) >= 11 is 0. The molecule has 0 spiro atoms. The van der Waals surface area contributed by atoms with E-state index < -0.39 is 0 Å². The predicted molar refractivity (Wildman–Crippen MR) is 71.4 cm³/mol. The molecule has 2 aromatic rings. The second kappa shape index (κ2) is 4.52. The Morgan fingerprint density at radius 2 is 1.61 bits per heavy atom. The molecular formula is C13H15N3O2. The van der Waals surface area contributed by atoms with Gasteiger partial charge in [-0.25, -0.2) is 4.79 Å². The highest BCUT2D eigenvalue weighted by Crippen LogP contribution is 2.13. The van der Waals surface area contributed by atoms with Crippen LogP contribution in [0, 0.1) is 6.92 Å². The van der Waals surface area contributed by atoms with E-state index in [4.69, 9.17) is 0 Å². The van der Waals surface area contributed by atoms with Gasteiger partial charge in [-0.3, -0.25) is 13.9 Å². The van der Waals surface area contributed by atoms with Gasteiger partial charge >= 0.3 is 5.69 Å². The molecule has 0 saturated heterocycles. The van der Waals surface area contributed by atoms with E-state index in [2.05, 4.69) is 5.32 Å². The molecule has 1 heterocycles. The number of nitrogens with one attached hydrogen (secondary N) is 1. The van der Waals surface area contributed by atoms with Crippen LogP contribution in [0.25, 0.3) is 0 Å². The number of hydrogen-bond donors (Lipinski definition) is 1. The van der Waals surface area contributed by atoms with Gasteiger partial charge in [0.05, 0.1) is 0 Å². The van der Waals surface area contributed by atoms with E-state index in [-0.39, 0.29) is 11.2 Å². The minimum Gasteiger partial charge on any atom is -0.341 e. The molecule has 0 fully saturated rings. The van der Waals surface area contributed by atoms with Crippen molar-refractivity contribution < 1.29 is 0 Å². The molecule has 5 heteroatoms. The summed E-state index contributed by atoms with van der Waals surface area (Å²) in [5, 5.41) is 3.06. The number of anilines is 2. The summed E-state index contributed by atoms with van der Waals surface area (Å²) < 4.78 is 2.47. The molecule has 0 atom stereocenters. The largest absolute Gasteiger partial charge is 0.341 e. The molecule has 94 valence electrons. The van der Waals surface area contributed by atoms with Gasteiger partial charge < -0.3 is 5.32 Å². The van der Waals surface area contributed by atoms with E-state index in [0.717, 1.165) is 15.8 Å². The van der Waals surface area contributed by atoms with Crippen LogP contribution in [0.5, 0.6) is 0 Å². The van der Waals surface area contributed by atoms with E-state index in [0.29, 0.717) is 5.82 Å². The Kier molecular flexibility index (Phi) is 3.06. The summed E-state index contributed by atoms with van der Waals surface area (Å²) in [6, 6.07) is 9.12. The summed E-state index contributed by atoms with van der Waals surface area (Å²) in [6.45, 7) is 2.00. The van der Waals surface area contributed by atoms with Crippen LogP contribution in [0.15, 0.2) is 39.9 Å². The Morgan fingerprint density at radius 3 is 2.22 bits per heavy atom. The first-order valence-electron chi connectivity index (χ1n) is 5.60. The molecule has 0 aliphatic carbocycles. The first kappa shape index (κ1) is 12.2. The second-order valence-electron chi connectivity index (χ2n) is 4.26. The topological polar surface area (TPSA) is 56.0 Å². The summed E-state index contributed by atoms with van der Waals surface area (Å²) in [5.41, 5.74) is 1.31. The van der Waals surface area contributed by atoms with Gasteiger partial charge in [0, 0.05) is 25.8 Å². The van der Waals surface area contributed by atoms with E-state index in [1.54, 1.807) is 7.05 Å². The van der Waals surface area contributed by atoms with Gasteiger partial charge in [-0.05, 0) is 19.1 Å². The molecule has 0 amide bonds. The highest BCUT2D eigenvalue weighted by atomic mass is 16.2. The van der Waals surface area contributed by atoms with Crippen LogP contribution in [0.4, 0.5) is 11.5 Å². The van der Waals surface area contributed by atoms with Crippen LogP contribution in [-0.2, 0) is 14.1 Å². The zero-order valence-corrected chi connectivity index (χ0v) is 10.6. The molecule has 0 aliphatic heterocycles. The van der Waals surface area contributed by atoms with Gasteiger partial charge in [0.1, 0.15) is 5.82 Å². The minimum absolute atomic E-state index is 0.326. The molecule has 0 radical (unpaired) electrons. The van der Waals surface area contributed by atoms with Gasteiger partial charge in [-0.2, -0.15) is 0 Å². The molecule has 2 rings (SSSR count). The second-order valence-corrected chi connectivity index (χ2v) is 4.26. The third-order valence-corrected chi connectivity index (χ3v) is 2.85. The number of rotatable bonds is 2. The van der Waals surface area contributed by atoms with Gasteiger partial charge in [-0.1, -0.05) is 17.7 Å². The average Bonchev–Trinajstić information content (AvgIpc) is 2.36. The molecule has 0 saturated carbocycles. The van der Waals surface area contributed by atoms with Crippen LogP contribution in [0.1, 0.15) is 5.56 Å². The molecule has 0 unspecified atom stereocenters. The molecular weight excluding hydrogens is 230 g/mol. The Bertz CT molecular complexity index is 681. The zero-order chi connectivity index (χ0) is 13.3. The van der Waals surface area contributed by atoms with E-state index in [9.17, 15) is 9.59 Å². The van der Waals surface area contributed by atoms with Crippen molar-refractivity contribution in [3.8, 4) is 0 Å². The summed E-state index contributed by atoms with van der Waals surface area (Å²) in [5.74, 6) is 0.479. The molecule has 0 bridgehead atoms. The smallest absolute Gasteiger partial charge is 0.332 e. The average molecular weight is 245 g/mol. The monoisotopic (exact) mass is 245 g/mol. The highest BCUT2D eigenvalue weighted by Gasteiger charge is 2.05. The van der Waals surface area contributed by atoms with Crippen LogP contribution in [-0.4, -0.2) is 9.13 Å². The van der Waals surface area contributed by atoms with E-state index >= 15 is 0 Å². The van der Waals surface area contributed by atoms with Gasteiger partial charge in [-0.15, -0.1) is 0 Å². The molecule has 0 aliphatic rings.